The van der Waals surface area contributed by atoms with Crippen LogP contribution in [0.25, 0.3) is 0 Å². The van der Waals surface area contributed by atoms with E-state index in [9.17, 15) is 18.0 Å². The third-order valence-electron chi connectivity index (χ3n) is 5.95. The zero-order valence-electron chi connectivity index (χ0n) is 19.8. The molecule has 1 aliphatic rings. The highest BCUT2D eigenvalue weighted by atomic mass is 79.9. The van der Waals surface area contributed by atoms with Gasteiger partial charge in [-0.25, -0.2) is 8.42 Å². The van der Waals surface area contributed by atoms with Crippen molar-refractivity contribution in [1.29, 1.82) is 0 Å². The van der Waals surface area contributed by atoms with Crippen LogP contribution in [0, 0.1) is 5.41 Å². The predicted molar refractivity (Wildman–Crippen MR) is 130 cm³/mol. The molecule has 10 heteroatoms. The molecule has 0 saturated carbocycles. The number of carbonyl (C=O) groups excluding carboxylic acids is 2. The highest BCUT2D eigenvalue weighted by Gasteiger charge is 2.56. The maximum absolute atomic E-state index is 13.7. The Balaban J connectivity index is 2.25. The second-order valence-corrected chi connectivity index (χ2v) is 11.5. The summed E-state index contributed by atoms with van der Waals surface area (Å²) in [7, 11) is -1.28. The molecule has 0 amide bonds. The number of methoxy groups -OCH3 is 2. The molecule has 3 rings (SSSR count). The normalized spacial score (nSPS) is 17.8. The fourth-order valence-corrected chi connectivity index (χ4v) is 6.18. The molecular formula is C24H28BrNO7S. The average Bonchev–Trinajstić information content (AvgIpc) is 3.13. The first-order valence-electron chi connectivity index (χ1n) is 10.7. The molecule has 2 aromatic rings. The Labute approximate surface area is 208 Å². The van der Waals surface area contributed by atoms with E-state index in [1.165, 1.54) is 30.7 Å². The molecule has 1 heterocycles. The summed E-state index contributed by atoms with van der Waals surface area (Å²) in [6.07, 6.45) is -0.0297. The first-order chi connectivity index (χ1) is 15.9. The average molecular weight is 554 g/mol. The third kappa shape index (κ3) is 4.53. The van der Waals surface area contributed by atoms with E-state index in [1.807, 2.05) is 0 Å². The van der Waals surface area contributed by atoms with Gasteiger partial charge in [0.15, 0.2) is 0 Å². The van der Waals surface area contributed by atoms with E-state index in [4.69, 9.17) is 14.2 Å². The summed E-state index contributed by atoms with van der Waals surface area (Å²) in [6.45, 7) is 4.86. The van der Waals surface area contributed by atoms with Crippen molar-refractivity contribution in [2.24, 2.45) is 5.41 Å². The van der Waals surface area contributed by atoms with E-state index in [2.05, 4.69) is 15.9 Å². The number of ether oxygens (including phenoxy) is 3. The van der Waals surface area contributed by atoms with Gasteiger partial charge in [0.1, 0.15) is 11.2 Å². The lowest BCUT2D eigenvalue weighted by molar-refractivity contribution is -0.156. The molecule has 2 aromatic carbocycles. The number of sulfonamides is 1. The van der Waals surface area contributed by atoms with Crippen LogP contribution in [-0.4, -0.2) is 47.7 Å². The van der Waals surface area contributed by atoms with Crippen LogP contribution in [0.3, 0.4) is 0 Å². The molecule has 1 aliphatic heterocycles. The lowest BCUT2D eigenvalue weighted by atomic mass is 9.69. The minimum absolute atomic E-state index is 0.0297. The van der Waals surface area contributed by atoms with Gasteiger partial charge in [-0.3, -0.25) is 13.9 Å². The van der Waals surface area contributed by atoms with Crippen molar-refractivity contribution in [3.63, 3.8) is 0 Å². The molecule has 0 bridgehead atoms. The summed E-state index contributed by atoms with van der Waals surface area (Å²) < 4.78 is 45.2. The zero-order valence-corrected chi connectivity index (χ0v) is 22.2. The number of hydrogen-bond donors (Lipinski definition) is 0. The molecule has 0 fully saturated rings. The molecule has 0 radical (unpaired) electrons. The fourth-order valence-electron chi connectivity index (χ4n) is 4.38. The number of benzene rings is 2. The molecule has 184 valence electrons. The second kappa shape index (κ2) is 9.58. The van der Waals surface area contributed by atoms with Crippen molar-refractivity contribution < 1.29 is 32.2 Å². The Kier molecular flexibility index (Phi) is 7.33. The number of esters is 2. The van der Waals surface area contributed by atoms with Gasteiger partial charge in [-0.2, -0.15) is 0 Å². The van der Waals surface area contributed by atoms with Crippen LogP contribution in [-0.2, 0) is 34.5 Å². The van der Waals surface area contributed by atoms with E-state index in [-0.39, 0.29) is 24.5 Å². The van der Waals surface area contributed by atoms with Gasteiger partial charge in [-0.1, -0.05) is 15.9 Å². The van der Waals surface area contributed by atoms with Crippen LogP contribution in [0.5, 0.6) is 5.75 Å². The number of hydrogen-bond acceptors (Lipinski definition) is 7. The van der Waals surface area contributed by atoms with E-state index < -0.39 is 32.8 Å². The van der Waals surface area contributed by atoms with Gasteiger partial charge in [-0.15, -0.1) is 0 Å². The molecule has 0 spiro atoms. The van der Waals surface area contributed by atoms with Gasteiger partial charge in [0.05, 0.1) is 43.4 Å². The van der Waals surface area contributed by atoms with Crippen molar-refractivity contribution >= 4 is 43.6 Å². The number of anilines is 1. The van der Waals surface area contributed by atoms with Crippen molar-refractivity contribution in [2.45, 2.75) is 37.5 Å². The van der Waals surface area contributed by atoms with E-state index in [0.717, 1.165) is 4.47 Å². The molecule has 1 atom stereocenters. The first kappa shape index (κ1) is 26.0. The van der Waals surface area contributed by atoms with Crippen LogP contribution < -0.4 is 9.04 Å². The quantitative estimate of drug-likeness (QED) is 0.454. The Hall–Kier alpha value is -2.59. The summed E-state index contributed by atoms with van der Waals surface area (Å²) in [5, 5.41) is 0. The Morgan fingerprint density at radius 2 is 1.76 bits per heavy atom. The molecule has 0 saturated heterocycles. The SMILES string of the molecule is CCOC(=O)C1(CC(C)(C)C(=O)OC)CN(S(=O)(=O)c2ccc(Br)cc2)c2ccc(OC)cc21. The summed E-state index contributed by atoms with van der Waals surface area (Å²) >= 11 is 3.32. The molecule has 34 heavy (non-hydrogen) atoms. The van der Waals surface area contributed by atoms with Crippen LogP contribution >= 0.6 is 15.9 Å². The predicted octanol–water partition coefficient (Wildman–Crippen LogP) is 4.06. The molecule has 0 aliphatic carbocycles. The van der Waals surface area contributed by atoms with Gasteiger partial charge in [0, 0.05) is 4.47 Å². The molecular weight excluding hydrogens is 526 g/mol. The van der Waals surface area contributed by atoms with Crippen molar-refractivity contribution in [1.82, 2.24) is 0 Å². The van der Waals surface area contributed by atoms with Crippen LogP contribution in [0.15, 0.2) is 51.8 Å². The summed E-state index contributed by atoms with van der Waals surface area (Å²) in [5.74, 6) is -0.684. The Morgan fingerprint density at radius 1 is 1.12 bits per heavy atom. The maximum Gasteiger partial charge on any atom is 0.318 e. The molecule has 0 aromatic heterocycles. The number of nitrogens with zero attached hydrogens (tertiary/aromatic N) is 1. The van der Waals surface area contributed by atoms with E-state index in [0.29, 0.717) is 17.0 Å². The smallest absolute Gasteiger partial charge is 0.318 e. The number of carbonyl (C=O) groups is 2. The summed E-state index contributed by atoms with van der Waals surface area (Å²) in [6, 6.07) is 11.1. The maximum atomic E-state index is 13.7. The van der Waals surface area contributed by atoms with Crippen LogP contribution in [0.4, 0.5) is 5.69 Å². The Bertz CT molecular complexity index is 1190. The lowest BCUT2D eigenvalue weighted by Gasteiger charge is -2.34. The minimum Gasteiger partial charge on any atom is -0.497 e. The highest BCUT2D eigenvalue weighted by molar-refractivity contribution is 9.10. The lowest BCUT2D eigenvalue weighted by Crippen LogP contribution is -2.48. The van der Waals surface area contributed by atoms with Gasteiger partial charge in [-0.05, 0) is 75.2 Å². The standard InChI is InChI=1S/C24H28BrNO7S/c1-6-33-22(28)24(14-23(2,3)21(27)32-5)15-26(20-12-9-17(31-4)13-19(20)24)34(29,30)18-10-7-16(25)8-11-18/h7-13H,6,14-15H2,1-5H3. The number of fused-ring (bicyclic) bond motifs is 1. The van der Waals surface area contributed by atoms with Crippen molar-refractivity contribution in [2.75, 3.05) is 31.7 Å². The largest absolute Gasteiger partial charge is 0.497 e. The van der Waals surface area contributed by atoms with Crippen LogP contribution in [0.1, 0.15) is 32.8 Å². The van der Waals surface area contributed by atoms with Gasteiger partial charge in [0.25, 0.3) is 10.0 Å². The van der Waals surface area contributed by atoms with Crippen LogP contribution in [0.2, 0.25) is 0 Å². The topological polar surface area (TPSA) is 99.2 Å². The van der Waals surface area contributed by atoms with Gasteiger partial charge < -0.3 is 14.2 Å². The minimum atomic E-state index is -4.04. The first-order valence-corrected chi connectivity index (χ1v) is 12.9. The number of halogens is 1. The molecule has 8 nitrogen and oxygen atoms in total. The zero-order chi connectivity index (χ0) is 25.3. The van der Waals surface area contributed by atoms with Gasteiger partial charge in [0.2, 0.25) is 0 Å². The summed E-state index contributed by atoms with van der Waals surface area (Å²) in [5.41, 5.74) is -1.82. The Morgan fingerprint density at radius 3 is 2.32 bits per heavy atom. The highest BCUT2D eigenvalue weighted by Crippen LogP contribution is 2.51. The van der Waals surface area contributed by atoms with E-state index >= 15 is 0 Å². The van der Waals surface area contributed by atoms with Crippen molar-refractivity contribution in [3.8, 4) is 5.75 Å². The number of rotatable bonds is 8. The molecule has 0 N–H and O–H groups in total. The second-order valence-electron chi connectivity index (χ2n) is 8.70. The van der Waals surface area contributed by atoms with Crippen molar-refractivity contribution in [3.05, 3.63) is 52.5 Å². The molecule has 1 unspecified atom stereocenters. The third-order valence-corrected chi connectivity index (χ3v) is 8.25. The fraction of sp³-hybridized carbons (Fsp3) is 0.417. The van der Waals surface area contributed by atoms with E-state index in [1.54, 1.807) is 51.1 Å². The monoisotopic (exact) mass is 553 g/mol. The van der Waals surface area contributed by atoms with Gasteiger partial charge >= 0.3 is 11.9 Å². The summed E-state index contributed by atoms with van der Waals surface area (Å²) in [4.78, 5) is 26.2.